The minimum atomic E-state index is -0.824. The Bertz CT molecular complexity index is 1080. The number of carbonyl (C=O) groups is 2. The second-order valence-corrected chi connectivity index (χ2v) is 7.80. The molecular formula is C23H22N2O5. The molecule has 0 fully saturated rings. The van der Waals surface area contributed by atoms with Gasteiger partial charge in [-0.05, 0) is 42.2 Å². The third kappa shape index (κ3) is 2.89. The van der Waals surface area contributed by atoms with E-state index in [1.54, 1.807) is 0 Å². The first-order chi connectivity index (χ1) is 14.6. The highest BCUT2D eigenvalue weighted by Crippen LogP contribution is 2.45. The van der Waals surface area contributed by atoms with Crippen LogP contribution in [0.5, 0.6) is 11.5 Å². The third-order valence-electron chi connectivity index (χ3n) is 5.95. The summed E-state index contributed by atoms with van der Waals surface area (Å²) in [4.78, 5) is 26.0. The molecule has 2 aromatic carbocycles. The van der Waals surface area contributed by atoms with Crippen LogP contribution in [0.4, 0.5) is 11.4 Å². The van der Waals surface area contributed by atoms with Crippen molar-refractivity contribution in [1.29, 1.82) is 0 Å². The summed E-state index contributed by atoms with van der Waals surface area (Å²) in [5.74, 6) is -0.385. The highest BCUT2D eigenvalue weighted by molar-refractivity contribution is 6.11. The number of ether oxygens (including phenoxy) is 3. The van der Waals surface area contributed by atoms with Gasteiger partial charge in [0.05, 0.1) is 24.5 Å². The number of methoxy groups -OCH3 is 1. The lowest BCUT2D eigenvalue weighted by Gasteiger charge is -2.32. The summed E-state index contributed by atoms with van der Waals surface area (Å²) in [5, 5.41) is 6.94. The summed E-state index contributed by atoms with van der Waals surface area (Å²) >= 11 is 0. The summed E-state index contributed by atoms with van der Waals surface area (Å²) in [6, 6.07) is 13.0. The molecule has 2 aliphatic heterocycles. The Morgan fingerprint density at radius 3 is 2.67 bits per heavy atom. The van der Waals surface area contributed by atoms with Crippen molar-refractivity contribution < 1.29 is 23.8 Å². The number of fused-ring (bicyclic) bond motifs is 2. The van der Waals surface area contributed by atoms with Gasteiger partial charge in [-0.25, -0.2) is 0 Å². The van der Waals surface area contributed by atoms with E-state index in [9.17, 15) is 9.59 Å². The predicted octanol–water partition coefficient (Wildman–Crippen LogP) is 3.65. The molecule has 3 aliphatic rings. The number of carbonyl (C=O) groups excluding carboxylic acids is 2. The van der Waals surface area contributed by atoms with Crippen molar-refractivity contribution in [1.82, 2.24) is 0 Å². The number of ketones is 1. The third-order valence-corrected chi connectivity index (χ3v) is 5.95. The van der Waals surface area contributed by atoms with Crippen molar-refractivity contribution in [2.24, 2.45) is 11.8 Å². The van der Waals surface area contributed by atoms with E-state index < -0.39 is 17.9 Å². The SMILES string of the molecule is COC(=O)[C@@H]1C(=O)C2=C(C[C@H]1C)Nc1ccccc1N[C@H]2c1ccc2c(c1)OCO2. The molecule has 0 bridgehead atoms. The van der Waals surface area contributed by atoms with E-state index in [0.29, 0.717) is 23.5 Å². The normalized spacial score (nSPS) is 24.2. The molecule has 0 radical (unpaired) electrons. The standard InChI is InChI=1S/C23H22N2O5/c1-12-9-16-20(22(26)19(12)23(27)28-2)21(25-15-6-4-3-5-14(15)24-16)13-7-8-17-18(10-13)30-11-29-17/h3-8,10,12,19,21,24-25H,9,11H2,1-2H3/t12-,19+,21+/m1/s1. The van der Waals surface area contributed by atoms with Crippen molar-refractivity contribution in [3.05, 3.63) is 59.3 Å². The molecule has 1 aliphatic carbocycles. The van der Waals surface area contributed by atoms with E-state index in [0.717, 1.165) is 22.6 Å². The summed E-state index contributed by atoms with van der Waals surface area (Å²) < 4.78 is 15.9. The van der Waals surface area contributed by atoms with Gasteiger partial charge in [0, 0.05) is 11.3 Å². The number of hydrogen-bond acceptors (Lipinski definition) is 7. The number of nitrogens with one attached hydrogen (secondary N) is 2. The summed E-state index contributed by atoms with van der Waals surface area (Å²) in [5.41, 5.74) is 4.01. The van der Waals surface area contributed by atoms with Crippen LogP contribution in [0.25, 0.3) is 0 Å². The highest BCUT2D eigenvalue weighted by atomic mass is 16.7. The maximum Gasteiger partial charge on any atom is 0.316 e. The lowest BCUT2D eigenvalue weighted by Crippen LogP contribution is -2.39. The zero-order valence-electron chi connectivity index (χ0n) is 16.7. The first-order valence-electron chi connectivity index (χ1n) is 9.94. The van der Waals surface area contributed by atoms with Crippen LogP contribution in [0.1, 0.15) is 24.9 Å². The van der Waals surface area contributed by atoms with E-state index in [4.69, 9.17) is 14.2 Å². The van der Waals surface area contributed by atoms with E-state index in [1.165, 1.54) is 7.11 Å². The topological polar surface area (TPSA) is 85.9 Å². The lowest BCUT2D eigenvalue weighted by atomic mass is 9.75. The van der Waals surface area contributed by atoms with E-state index in [1.807, 2.05) is 49.4 Å². The van der Waals surface area contributed by atoms with Crippen molar-refractivity contribution in [2.45, 2.75) is 19.4 Å². The summed E-state index contributed by atoms with van der Waals surface area (Å²) in [6.07, 6.45) is 0.567. The fraction of sp³-hybridized carbons (Fsp3) is 0.304. The Morgan fingerprint density at radius 2 is 1.87 bits per heavy atom. The average Bonchev–Trinajstić information content (AvgIpc) is 3.14. The monoisotopic (exact) mass is 406 g/mol. The minimum Gasteiger partial charge on any atom is -0.468 e. The number of anilines is 2. The van der Waals surface area contributed by atoms with Gasteiger partial charge in [0.2, 0.25) is 6.79 Å². The maximum absolute atomic E-state index is 13.6. The van der Waals surface area contributed by atoms with Crippen LogP contribution in [0, 0.1) is 11.8 Å². The molecule has 3 atom stereocenters. The smallest absolute Gasteiger partial charge is 0.316 e. The predicted molar refractivity (Wildman–Crippen MR) is 110 cm³/mol. The Morgan fingerprint density at radius 1 is 1.10 bits per heavy atom. The van der Waals surface area contributed by atoms with Crippen molar-refractivity contribution in [3.8, 4) is 11.5 Å². The number of allylic oxidation sites excluding steroid dienone is 1. The van der Waals surface area contributed by atoms with Crippen molar-refractivity contribution in [3.63, 3.8) is 0 Å². The number of Topliss-reactive ketones (excluding diaryl/α,β-unsaturated/α-hetero) is 1. The summed E-state index contributed by atoms with van der Waals surface area (Å²) in [7, 11) is 1.32. The highest BCUT2D eigenvalue weighted by Gasteiger charge is 2.44. The first-order valence-corrected chi connectivity index (χ1v) is 9.94. The molecule has 0 amide bonds. The quantitative estimate of drug-likeness (QED) is 0.582. The zero-order chi connectivity index (χ0) is 20.8. The summed E-state index contributed by atoms with van der Waals surface area (Å²) in [6.45, 7) is 2.08. The Labute approximate surface area is 174 Å². The average molecular weight is 406 g/mol. The Balaban J connectivity index is 1.66. The van der Waals surface area contributed by atoms with Gasteiger partial charge in [0.1, 0.15) is 5.92 Å². The number of hydrogen-bond donors (Lipinski definition) is 2. The van der Waals surface area contributed by atoms with E-state index >= 15 is 0 Å². The lowest BCUT2D eigenvalue weighted by molar-refractivity contribution is -0.151. The van der Waals surface area contributed by atoms with Crippen LogP contribution in [-0.4, -0.2) is 25.7 Å². The molecule has 0 aromatic heterocycles. The number of rotatable bonds is 2. The number of para-hydroxylation sites is 2. The number of benzene rings is 2. The van der Waals surface area contributed by atoms with Gasteiger partial charge in [-0.1, -0.05) is 25.1 Å². The molecule has 7 heteroatoms. The molecule has 0 saturated heterocycles. The Kier molecular flexibility index (Phi) is 4.38. The van der Waals surface area contributed by atoms with E-state index in [2.05, 4.69) is 10.6 Å². The molecule has 154 valence electrons. The molecule has 30 heavy (non-hydrogen) atoms. The molecule has 0 saturated carbocycles. The van der Waals surface area contributed by atoms with Gasteiger partial charge < -0.3 is 24.8 Å². The molecule has 0 spiro atoms. The molecule has 5 rings (SSSR count). The molecule has 2 aromatic rings. The molecule has 7 nitrogen and oxygen atoms in total. The van der Waals surface area contributed by atoms with E-state index in [-0.39, 0.29) is 18.5 Å². The Hall–Kier alpha value is -3.48. The van der Waals surface area contributed by atoms with Gasteiger partial charge in [0.15, 0.2) is 17.3 Å². The van der Waals surface area contributed by atoms with Crippen LogP contribution in [-0.2, 0) is 14.3 Å². The molecule has 2 heterocycles. The van der Waals surface area contributed by atoms with Gasteiger partial charge in [-0.15, -0.1) is 0 Å². The molecule has 0 unspecified atom stereocenters. The second-order valence-electron chi connectivity index (χ2n) is 7.80. The maximum atomic E-state index is 13.6. The number of esters is 1. The fourth-order valence-electron chi connectivity index (χ4n) is 4.48. The molecular weight excluding hydrogens is 384 g/mol. The molecule has 2 N–H and O–H groups in total. The zero-order valence-corrected chi connectivity index (χ0v) is 16.7. The van der Waals surface area contributed by atoms with Crippen LogP contribution in [0.15, 0.2) is 53.7 Å². The largest absolute Gasteiger partial charge is 0.468 e. The van der Waals surface area contributed by atoms with Crippen LogP contribution in [0.2, 0.25) is 0 Å². The van der Waals surface area contributed by atoms with Gasteiger partial charge >= 0.3 is 5.97 Å². The first kappa shape index (κ1) is 18.5. The van der Waals surface area contributed by atoms with Crippen LogP contribution >= 0.6 is 0 Å². The van der Waals surface area contributed by atoms with Gasteiger partial charge in [-0.2, -0.15) is 0 Å². The second kappa shape index (κ2) is 7.09. The minimum absolute atomic E-state index is 0.168. The van der Waals surface area contributed by atoms with Crippen molar-refractivity contribution >= 4 is 23.1 Å². The fourth-order valence-corrected chi connectivity index (χ4v) is 4.48. The van der Waals surface area contributed by atoms with Gasteiger partial charge in [-0.3, -0.25) is 9.59 Å². The van der Waals surface area contributed by atoms with Gasteiger partial charge in [0.25, 0.3) is 0 Å². The van der Waals surface area contributed by atoms with Crippen LogP contribution in [0.3, 0.4) is 0 Å². The van der Waals surface area contributed by atoms with Crippen LogP contribution < -0.4 is 20.1 Å². The van der Waals surface area contributed by atoms with Crippen molar-refractivity contribution in [2.75, 3.05) is 24.5 Å².